The standard InChI is InChI=1S/C22H21N3O4.Na/c1-11(26)18-17-10-13(20(22(28)29)25(17)21(18)27)12-6-7-15-14(9-12)19-16(24(15)3)5-4-8-23(19)2;/h4-9,11,17-18H,10H2,1-3H3,(H,28,29);/q;+1/p-1/t11-,17-,18-;/m1./s1. The molecule has 0 spiro atoms. The molecular formula is C22H20N3NaO4. The van der Waals surface area contributed by atoms with Gasteiger partial charge in [-0.3, -0.25) is 4.79 Å². The van der Waals surface area contributed by atoms with Gasteiger partial charge in [-0.05, 0) is 35.8 Å². The number of aryl methyl sites for hydroxylation is 2. The third-order valence-corrected chi connectivity index (χ3v) is 6.39. The molecule has 3 aromatic rings. The number of benzene rings is 1. The Balaban J connectivity index is 0.00000218. The number of carboxylic acid groups (broad SMARTS) is 1. The summed E-state index contributed by atoms with van der Waals surface area (Å²) in [7, 11) is 3.97. The van der Waals surface area contributed by atoms with Crippen LogP contribution in [0.25, 0.3) is 27.5 Å². The van der Waals surface area contributed by atoms with Crippen molar-refractivity contribution in [1.29, 1.82) is 0 Å². The van der Waals surface area contributed by atoms with Gasteiger partial charge >= 0.3 is 29.6 Å². The fraction of sp³-hybridized carbons (Fsp3) is 0.318. The van der Waals surface area contributed by atoms with E-state index in [1.54, 1.807) is 0 Å². The summed E-state index contributed by atoms with van der Waals surface area (Å²) in [6.07, 6.45) is 1.26. The normalized spacial score (nSPS) is 21.6. The van der Waals surface area contributed by atoms with Crippen LogP contribution in [-0.4, -0.2) is 33.5 Å². The first-order valence-electron chi connectivity index (χ1n) is 9.61. The van der Waals surface area contributed by atoms with E-state index in [0.29, 0.717) is 12.0 Å². The molecule has 0 N–H and O–H groups in total. The van der Waals surface area contributed by atoms with Crippen LogP contribution in [0.3, 0.4) is 0 Å². The molecule has 1 saturated heterocycles. The molecule has 30 heavy (non-hydrogen) atoms. The van der Waals surface area contributed by atoms with Gasteiger partial charge in [0.1, 0.15) is 12.6 Å². The zero-order chi connectivity index (χ0) is 20.6. The number of nitrogens with zero attached hydrogens (tertiary/aromatic N) is 3. The maximum Gasteiger partial charge on any atom is 1.00 e. The summed E-state index contributed by atoms with van der Waals surface area (Å²) < 4.78 is 4.14. The molecule has 0 aliphatic carbocycles. The Labute approximate surface area is 195 Å². The summed E-state index contributed by atoms with van der Waals surface area (Å²) in [5, 5.41) is 24.8. The number of pyridine rings is 1. The number of β-lactam (4-membered cyclic amide) rings is 1. The van der Waals surface area contributed by atoms with Gasteiger partial charge in [-0.15, -0.1) is 6.10 Å². The second-order valence-corrected chi connectivity index (χ2v) is 7.97. The van der Waals surface area contributed by atoms with Crippen LogP contribution >= 0.6 is 0 Å². The van der Waals surface area contributed by atoms with E-state index in [9.17, 15) is 19.8 Å². The van der Waals surface area contributed by atoms with Crippen LogP contribution < -0.4 is 44.3 Å². The van der Waals surface area contributed by atoms with Crippen molar-refractivity contribution in [3.8, 4) is 0 Å². The summed E-state index contributed by atoms with van der Waals surface area (Å²) in [6.45, 7) is 1.46. The van der Waals surface area contributed by atoms with Gasteiger partial charge in [0.2, 0.25) is 11.4 Å². The number of fused-ring (bicyclic) bond motifs is 4. The molecule has 0 saturated carbocycles. The molecule has 2 aliphatic rings. The zero-order valence-electron chi connectivity index (χ0n) is 17.4. The van der Waals surface area contributed by atoms with Crippen LogP contribution in [0, 0.1) is 5.92 Å². The van der Waals surface area contributed by atoms with Crippen LogP contribution in [0.4, 0.5) is 0 Å². The number of aromatic nitrogens is 2. The zero-order valence-corrected chi connectivity index (χ0v) is 19.4. The number of carbonyl (C=O) groups excluding carboxylic acids is 2. The van der Waals surface area contributed by atoms with Gasteiger partial charge in [0.05, 0.1) is 28.6 Å². The van der Waals surface area contributed by atoms with Gasteiger partial charge in [0, 0.05) is 19.0 Å². The average Bonchev–Trinajstić information content (AvgIpc) is 3.15. The molecule has 8 heteroatoms. The van der Waals surface area contributed by atoms with Gasteiger partial charge in [-0.2, -0.15) is 4.57 Å². The SMILES string of the molecule is C[C@@H]([O-])[C@H]1C(=O)N2C(C(=O)[O-])=C(c3ccc4c(c3)c3c(ccc[n+]3C)n4C)C[C@H]12.[Na+]. The van der Waals surface area contributed by atoms with Crippen molar-refractivity contribution in [1.82, 2.24) is 9.47 Å². The predicted molar refractivity (Wildman–Crippen MR) is 102 cm³/mol. The molecule has 4 heterocycles. The summed E-state index contributed by atoms with van der Waals surface area (Å²) in [5.74, 6) is -2.47. The van der Waals surface area contributed by atoms with Crippen molar-refractivity contribution >= 4 is 39.4 Å². The van der Waals surface area contributed by atoms with Crippen molar-refractivity contribution in [3.05, 3.63) is 47.8 Å². The minimum absolute atomic E-state index is 0. The summed E-state index contributed by atoms with van der Waals surface area (Å²) in [4.78, 5) is 25.5. The minimum Gasteiger partial charge on any atom is -0.852 e. The smallest absolute Gasteiger partial charge is 0.852 e. The Bertz CT molecular complexity index is 1260. The van der Waals surface area contributed by atoms with Crippen molar-refractivity contribution in [3.63, 3.8) is 0 Å². The number of hydrogen-bond acceptors (Lipinski definition) is 4. The Morgan fingerprint density at radius 2 is 2.00 bits per heavy atom. The van der Waals surface area contributed by atoms with Crippen molar-refractivity contribution in [2.75, 3.05) is 0 Å². The van der Waals surface area contributed by atoms with Crippen LogP contribution in [0.1, 0.15) is 18.9 Å². The van der Waals surface area contributed by atoms with E-state index < -0.39 is 29.9 Å². The third-order valence-electron chi connectivity index (χ3n) is 6.39. The quantitative estimate of drug-likeness (QED) is 0.254. The van der Waals surface area contributed by atoms with E-state index >= 15 is 0 Å². The molecule has 148 valence electrons. The first kappa shape index (κ1) is 21.1. The van der Waals surface area contributed by atoms with Crippen LogP contribution in [0.2, 0.25) is 0 Å². The average molecular weight is 413 g/mol. The van der Waals surface area contributed by atoms with Crippen LogP contribution in [0.5, 0.6) is 0 Å². The second-order valence-electron chi connectivity index (χ2n) is 7.97. The molecule has 2 aromatic heterocycles. The molecule has 0 radical (unpaired) electrons. The Morgan fingerprint density at radius 1 is 1.27 bits per heavy atom. The van der Waals surface area contributed by atoms with E-state index in [4.69, 9.17) is 0 Å². The fourth-order valence-corrected chi connectivity index (χ4v) is 5.03. The molecule has 5 rings (SSSR count). The number of carboxylic acids is 1. The van der Waals surface area contributed by atoms with E-state index in [-0.39, 0.29) is 35.3 Å². The molecule has 3 atom stereocenters. The molecule has 0 bridgehead atoms. The number of hydrogen-bond donors (Lipinski definition) is 0. The second kappa shape index (κ2) is 7.20. The molecule has 1 aromatic carbocycles. The first-order chi connectivity index (χ1) is 13.8. The van der Waals surface area contributed by atoms with Crippen LogP contribution in [0.15, 0.2) is 42.2 Å². The molecule has 1 amide bonds. The van der Waals surface area contributed by atoms with Gasteiger partial charge in [-0.1, -0.05) is 13.0 Å². The summed E-state index contributed by atoms with van der Waals surface area (Å²) in [5.41, 5.74) is 4.36. The molecule has 7 nitrogen and oxygen atoms in total. The summed E-state index contributed by atoms with van der Waals surface area (Å²) in [6, 6.07) is 9.46. The molecule has 0 unspecified atom stereocenters. The number of carbonyl (C=O) groups is 2. The van der Waals surface area contributed by atoms with Crippen molar-refractivity contribution in [2.24, 2.45) is 20.0 Å². The number of aliphatic carboxylic acids is 1. The third kappa shape index (κ3) is 2.69. The topological polar surface area (TPSA) is 92.3 Å². The molecular weight excluding hydrogens is 393 g/mol. The fourth-order valence-electron chi connectivity index (χ4n) is 5.03. The largest absolute Gasteiger partial charge is 1.00 e. The van der Waals surface area contributed by atoms with E-state index in [0.717, 1.165) is 27.5 Å². The van der Waals surface area contributed by atoms with Crippen LogP contribution in [-0.2, 0) is 23.7 Å². The predicted octanol–water partition coefficient (Wildman–Crippen LogP) is -3.40. The summed E-state index contributed by atoms with van der Waals surface area (Å²) >= 11 is 0. The Hall–Kier alpha value is -2.19. The number of amides is 1. The number of rotatable bonds is 3. The first-order valence-corrected chi connectivity index (χ1v) is 9.61. The minimum atomic E-state index is -1.38. The molecule has 1 fully saturated rings. The van der Waals surface area contributed by atoms with Crippen molar-refractivity contribution < 1.29 is 53.9 Å². The Morgan fingerprint density at radius 3 is 2.67 bits per heavy atom. The molecule has 2 aliphatic heterocycles. The van der Waals surface area contributed by atoms with Gasteiger partial charge in [0.25, 0.3) is 0 Å². The van der Waals surface area contributed by atoms with Crippen molar-refractivity contribution in [2.45, 2.75) is 25.5 Å². The Kier molecular flexibility index (Phi) is 5.05. The van der Waals surface area contributed by atoms with E-state index in [2.05, 4.69) is 4.57 Å². The van der Waals surface area contributed by atoms with Gasteiger partial charge < -0.3 is 24.5 Å². The van der Waals surface area contributed by atoms with E-state index in [1.807, 2.05) is 55.2 Å². The maximum absolute atomic E-state index is 12.4. The van der Waals surface area contributed by atoms with E-state index in [1.165, 1.54) is 11.8 Å². The monoisotopic (exact) mass is 413 g/mol. The maximum atomic E-state index is 12.4. The van der Waals surface area contributed by atoms with Gasteiger partial charge in [-0.25, -0.2) is 0 Å². The van der Waals surface area contributed by atoms with Gasteiger partial charge in [0.15, 0.2) is 6.20 Å².